The normalized spacial score (nSPS) is 22.2. The Morgan fingerprint density at radius 1 is 1.11 bits per heavy atom. The molecule has 1 saturated carbocycles. The molecule has 4 rings (SSSR count). The number of amides is 1. The maximum absolute atomic E-state index is 14.0. The summed E-state index contributed by atoms with van der Waals surface area (Å²) in [6.45, 7) is 2.46. The van der Waals surface area contributed by atoms with Crippen LogP contribution in [0.4, 0.5) is 8.78 Å². The zero-order valence-corrected chi connectivity index (χ0v) is 15.3. The monoisotopic (exact) mass is 371 g/mol. The molecule has 0 spiro atoms. The highest BCUT2D eigenvalue weighted by Crippen LogP contribution is 2.33. The molecule has 2 aromatic rings. The minimum absolute atomic E-state index is 0.0585. The molecule has 1 aliphatic carbocycles. The minimum atomic E-state index is -0.598. The fourth-order valence-electron chi connectivity index (χ4n) is 4.34. The Bertz CT molecular complexity index is 896. The summed E-state index contributed by atoms with van der Waals surface area (Å²) in [4.78, 5) is 14.7. The maximum atomic E-state index is 14.0. The summed E-state index contributed by atoms with van der Waals surface area (Å²) in [7, 11) is 0. The van der Waals surface area contributed by atoms with Crippen molar-refractivity contribution in [2.24, 2.45) is 0 Å². The second kappa shape index (κ2) is 7.04. The lowest BCUT2D eigenvalue weighted by molar-refractivity contribution is 0.0191. The number of halogens is 2. The van der Waals surface area contributed by atoms with E-state index in [1.54, 1.807) is 4.90 Å². The second-order valence-electron chi connectivity index (χ2n) is 7.70. The molecule has 3 nitrogen and oxygen atoms in total. The van der Waals surface area contributed by atoms with Gasteiger partial charge in [0.15, 0.2) is 0 Å². The third kappa shape index (κ3) is 3.36. The first-order chi connectivity index (χ1) is 12.9. The number of aliphatic hydroxyl groups is 1. The fourth-order valence-corrected chi connectivity index (χ4v) is 4.34. The van der Waals surface area contributed by atoms with Crippen LogP contribution in [0.1, 0.15) is 58.3 Å². The standard InChI is InChI=1S/C22H23F2NO2/c1-13-8-16-12-25(20-4-2-3-5-21(20)26)22(27)18(16)10-15(13)9-14-6-7-17(23)11-19(14)24/h6-8,10-11,20-21,26H,2-5,9,12H2,1H3/t20-,21-/m0/s1. The highest BCUT2D eigenvalue weighted by atomic mass is 19.1. The number of fused-ring (bicyclic) bond motifs is 1. The molecule has 0 unspecified atom stereocenters. The lowest BCUT2D eigenvalue weighted by Crippen LogP contribution is -2.45. The van der Waals surface area contributed by atoms with Crippen molar-refractivity contribution in [1.29, 1.82) is 0 Å². The van der Waals surface area contributed by atoms with E-state index in [0.717, 1.165) is 48.4 Å². The van der Waals surface area contributed by atoms with Gasteiger partial charge < -0.3 is 10.0 Å². The Kier molecular flexibility index (Phi) is 4.72. The number of rotatable bonds is 3. The Morgan fingerprint density at radius 3 is 2.63 bits per heavy atom. The molecule has 1 aliphatic heterocycles. The summed E-state index contributed by atoms with van der Waals surface area (Å²) in [5.74, 6) is -1.23. The molecule has 2 aromatic carbocycles. The molecule has 5 heteroatoms. The topological polar surface area (TPSA) is 40.5 Å². The number of hydrogen-bond acceptors (Lipinski definition) is 2. The molecular formula is C22H23F2NO2. The highest BCUT2D eigenvalue weighted by Gasteiger charge is 2.37. The number of carbonyl (C=O) groups is 1. The maximum Gasteiger partial charge on any atom is 0.254 e. The van der Waals surface area contributed by atoms with Crippen molar-refractivity contribution in [2.45, 2.75) is 57.7 Å². The molecule has 2 aliphatic rings. The van der Waals surface area contributed by atoms with Crippen LogP contribution in [0.3, 0.4) is 0 Å². The number of benzene rings is 2. The molecule has 27 heavy (non-hydrogen) atoms. The van der Waals surface area contributed by atoms with E-state index in [-0.39, 0.29) is 11.9 Å². The van der Waals surface area contributed by atoms with Crippen LogP contribution in [0.15, 0.2) is 30.3 Å². The van der Waals surface area contributed by atoms with Gasteiger partial charge in [-0.2, -0.15) is 0 Å². The van der Waals surface area contributed by atoms with Crippen LogP contribution in [0.5, 0.6) is 0 Å². The van der Waals surface area contributed by atoms with Crippen LogP contribution < -0.4 is 0 Å². The molecule has 0 bridgehead atoms. The first-order valence-electron chi connectivity index (χ1n) is 9.49. The van der Waals surface area contributed by atoms with Crippen LogP contribution in [-0.4, -0.2) is 28.1 Å². The van der Waals surface area contributed by atoms with Gasteiger partial charge in [0, 0.05) is 24.6 Å². The van der Waals surface area contributed by atoms with Crippen molar-refractivity contribution in [3.8, 4) is 0 Å². The van der Waals surface area contributed by atoms with Crippen molar-refractivity contribution in [3.05, 3.63) is 69.8 Å². The van der Waals surface area contributed by atoms with Crippen molar-refractivity contribution >= 4 is 5.91 Å². The van der Waals surface area contributed by atoms with Gasteiger partial charge in [-0.3, -0.25) is 4.79 Å². The van der Waals surface area contributed by atoms with Crippen molar-refractivity contribution in [2.75, 3.05) is 0 Å². The summed E-state index contributed by atoms with van der Waals surface area (Å²) in [6, 6.07) is 7.28. The molecule has 1 N–H and O–H groups in total. The molecule has 0 saturated heterocycles. The van der Waals surface area contributed by atoms with Gasteiger partial charge in [-0.15, -0.1) is 0 Å². The first kappa shape index (κ1) is 18.1. The van der Waals surface area contributed by atoms with Crippen molar-refractivity contribution in [3.63, 3.8) is 0 Å². The Hall–Kier alpha value is -2.27. The van der Waals surface area contributed by atoms with Crippen LogP contribution in [0.2, 0.25) is 0 Å². The lowest BCUT2D eigenvalue weighted by atomic mass is 9.91. The zero-order chi connectivity index (χ0) is 19.1. The third-order valence-electron chi connectivity index (χ3n) is 5.88. The molecule has 1 fully saturated rings. The summed E-state index contributed by atoms with van der Waals surface area (Å²) in [5.41, 5.74) is 3.84. The summed E-state index contributed by atoms with van der Waals surface area (Å²) >= 11 is 0. The average molecular weight is 371 g/mol. The van der Waals surface area contributed by atoms with E-state index in [2.05, 4.69) is 0 Å². The summed E-state index contributed by atoms with van der Waals surface area (Å²) < 4.78 is 27.2. The van der Waals surface area contributed by atoms with Crippen LogP contribution in [0.25, 0.3) is 0 Å². The third-order valence-corrected chi connectivity index (χ3v) is 5.88. The van der Waals surface area contributed by atoms with Crippen LogP contribution in [-0.2, 0) is 13.0 Å². The van der Waals surface area contributed by atoms with Gasteiger partial charge in [-0.1, -0.05) is 25.0 Å². The fraction of sp³-hybridized carbons (Fsp3) is 0.409. The van der Waals surface area contributed by atoms with Gasteiger partial charge in [-0.05, 0) is 54.2 Å². The van der Waals surface area contributed by atoms with Crippen LogP contribution in [0, 0.1) is 18.6 Å². The van der Waals surface area contributed by atoms with Gasteiger partial charge in [0.05, 0.1) is 12.1 Å². The Morgan fingerprint density at radius 2 is 1.89 bits per heavy atom. The quantitative estimate of drug-likeness (QED) is 0.882. The average Bonchev–Trinajstić information content (AvgIpc) is 2.94. The Balaban J connectivity index is 1.61. The SMILES string of the molecule is Cc1cc2c(cc1Cc1ccc(F)cc1F)C(=O)N([C@H]1CCCC[C@@H]1O)C2. The molecule has 0 radical (unpaired) electrons. The smallest absolute Gasteiger partial charge is 0.254 e. The van der Waals surface area contributed by atoms with Crippen molar-refractivity contribution in [1.82, 2.24) is 4.90 Å². The minimum Gasteiger partial charge on any atom is -0.391 e. The molecule has 1 heterocycles. The number of nitrogens with zero attached hydrogens (tertiary/aromatic N) is 1. The van der Waals surface area contributed by atoms with E-state index in [9.17, 15) is 18.7 Å². The molecule has 142 valence electrons. The number of carbonyl (C=O) groups excluding carboxylic acids is 1. The molecule has 2 atom stereocenters. The predicted octanol–water partition coefficient (Wildman–Crippen LogP) is 4.12. The zero-order valence-electron chi connectivity index (χ0n) is 15.3. The molecule has 0 aromatic heterocycles. The van der Waals surface area contributed by atoms with Gasteiger partial charge in [0.1, 0.15) is 11.6 Å². The van der Waals surface area contributed by atoms with E-state index < -0.39 is 17.7 Å². The Labute approximate surface area is 157 Å². The van der Waals surface area contributed by atoms with Crippen LogP contribution >= 0.6 is 0 Å². The molecule has 1 amide bonds. The second-order valence-corrected chi connectivity index (χ2v) is 7.70. The van der Waals surface area contributed by atoms with E-state index >= 15 is 0 Å². The highest BCUT2D eigenvalue weighted by molar-refractivity contribution is 5.99. The van der Waals surface area contributed by atoms with Gasteiger partial charge >= 0.3 is 0 Å². The molecular weight excluding hydrogens is 348 g/mol. The summed E-state index contributed by atoms with van der Waals surface area (Å²) in [5, 5.41) is 10.3. The van der Waals surface area contributed by atoms with E-state index in [0.29, 0.717) is 24.1 Å². The van der Waals surface area contributed by atoms with Gasteiger partial charge in [-0.25, -0.2) is 8.78 Å². The van der Waals surface area contributed by atoms with Gasteiger partial charge in [0.25, 0.3) is 5.91 Å². The van der Waals surface area contributed by atoms with Crippen molar-refractivity contribution < 1.29 is 18.7 Å². The van der Waals surface area contributed by atoms with E-state index in [1.807, 2.05) is 19.1 Å². The number of aryl methyl sites for hydroxylation is 1. The van der Waals surface area contributed by atoms with E-state index in [4.69, 9.17) is 0 Å². The summed E-state index contributed by atoms with van der Waals surface area (Å²) in [6.07, 6.45) is 3.43. The first-order valence-corrected chi connectivity index (χ1v) is 9.49. The number of aliphatic hydroxyl groups excluding tert-OH is 1. The predicted molar refractivity (Wildman–Crippen MR) is 98.5 cm³/mol. The van der Waals surface area contributed by atoms with Gasteiger partial charge in [0.2, 0.25) is 0 Å². The number of hydrogen-bond donors (Lipinski definition) is 1. The van der Waals surface area contributed by atoms with E-state index in [1.165, 1.54) is 12.1 Å². The lowest BCUT2D eigenvalue weighted by Gasteiger charge is -2.35. The largest absolute Gasteiger partial charge is 0.391 e.